The first-order chi connectivity index (χ1) is 4.20. The maximum atomic E-state index is 10.5. The van der Waals surface area contributed by atoms with E-state index in [1.165, 1.54) is 0 Å². The van der Waals surface area contributed by atoms with Gasteiger partial charge in [-0.15, -0.1) is 0 Å². The van der Waals surface area contributed by atoms with Crippen molar-refractivity contribution >= 4 is 5.91 Å². The Morgan fingerprint density at radius 3 is 2.67 bits per heavy atom. The molecule has 54 valence electrons. The highest BCUT2D eigenvalue weighted by molar-refractivity contribution is 5.77. The Balaban J connectivity index is 3.34. The molecule has 0 radical (unpaired) electrons. The summed E-state index contributed by atoms with van der Waals surface area (Å²) in [6, 6.07) is 0. The lowest BCUT2D eigenvalue weighted by Crippen LogP contribution is -2.43. The zero-order valence-electron chi connectivity index (χ0n) is 5.77. The van der Waals surface area contributed by atoms with Crippen molar-refractivity contribution in [3.63, 3.8) is 0 Å². The van der Waals surface area contributed by atoms with Gasteiger partial charge in [-0.2, -0.15) is 0 Å². The van der Waals surface area contributed by atoms with Crippen LogP contribution in [0.4, 0.5) is 0 Å². The lowest BCUT2D eigenvalue weighted by molar-refractivity contribution is -0.120. The maximum Gasteiger partial charge on any atom is 0.234 e. The lowest BCUT2D eigenvalue weighted by atomic mass is 10.5. The quantitative estimate of drug-likeness (QED) is 0.414. The molecule has 1 amide bonds. The van der Waals surface area contributed by atoms with Crippen LogP contribution in [0.5, 0.6) is 0 Å². The number of amides is 1. The Morgan fingerprint density at radius 1 is 1.78 bits per heavy atom. The second kappa shape index (κ2) is 4.29. The van der Waals surface area contributed by atoms with E-state index in [0.717, 1.165) is 0 Å². The van der Waals surface area contributed by atoms with Crippen molar-refractivity contribution in [2.45, 2.75) is 13.1 Å². The van der Waals surface area contributed by atoms with Gasteiger partial charge in [0, 0.05) is 0 Å². The molecule has 0 aromatic carbocycles. The van der Waals surface area contributed by atoms with Gasteiger partial charge in [0.25, 0.3) is 0 Å². The molecule has 1 atom stereocenters. The van der Waals surface area contributed by atoms with E-state index in [0.29, 0.717) is 0 Å². The van der Waals surface area contributed by atoms with Crippen LogP contribution in [0.15, 0.2) is 0 Å². The summed E-state index contributed by atoms with van der Waals surface area (Å²) in [5, 5.41) is 5.45. The SMILES string of the molecule is CNC(C)NC(=O)CN. The molecule has 0 saturated heterocycles. The zero-order valence-corrected chi connectivity index (χ0v) is 5.77. The molecular formula is C5H13N3O. The van der Waals surface area contributed by atoms with Crippen molar-refractivity contribution in [3.05, 3.63) is 0 Å². The van der Waals surface area contributed by atoms with E-state index in [9.17, 15) is 4.79 Å². The number of nitrogens with two attached hydrogens (primary N) is 1. The molecule has 0 aromatic heterocycles. The molecule has 0 aromatic rings. The number of carbonyl (C=O) groups is 1. The Kier molecular flexibility index (Phi) is 4.00. The average molecular weight is 131 g/mol. The van der Waals surface area contributed by atoms with Crippen molar-refractivity contribution in [3.8, 4) is 0 Å². The predicted octanol–water partition coefficient (Wildman–Crippen LogP) is -1.37. The highest BCUT2D eigenvalue weighted by Crippen LogP contribution is 1.69. The van der Waals surface area contributed by atoms with E-state index in [1.54, 1.807) is 7.05 Å². The summed E-state index contributed by atoms with van der Waals surface area (Å²) in [4.78, 5) is 10.5. The number of hydrogen-bond donors (Lipinski definition) is 3. The van der Waals surface area contributed by atoms with Gasteiger partial charge in [0.2, 0.25) is 5.91 Å². The molecule has 0 heterocycles. The Hall–Kier alpha value is -0.610. The van der Waals surface area contributed by atoms with Crippen LogP contribution in [0, 0.1) is 0 Å². The lowest BCUT2D eigenvalue weighted by Gasteiger charge is -2.10. The van der Waals surface area contributed by atoms with Gasteiger partial charge in [-0.25, -0.2) is 0 Å². The number of carbonyl (C=O) groups excluding carboxylic acids is 1. The van der Waals surface area contributed by atoms with E-state index in [4.69, 9.17) is 5.73 Å². The van der Waals surface area contributed by atoms with Gasteiger partial charge in [-0.05, 0) is 14.0 Å². The predicted molar refractivity (Wildman–Crippen MR) is 35.7 cm³/mol. The largest absolute Gasteiger partial charge is 0.340 e. The van der Waals surface area contributed by atoms with Crippen LogP contribution in [0.3, 0.4) is 0 Å². The Morgan fingerprint density at radius 2 is 2.33 bits per heavy atom. The number of rotatable bonds is 3. The van der Waals surface area contributed by atoms with Crippen molar-refractivity contribution in [1.29, 1.82) is 0 Å². The van der Waals surface area contributed by atoms with Gasteiger partial charge < -0.3 is 16.4 Å². The van der Waals surface area contributed by atoms with Gasteiger partial charge >= 0.3 is 0 Å². The normalized spacial score (nSPS) is 12.8. The van der Waals surface area contributed by atoms with Crippen molar-refractivity contribution < 1.29 is 4.79 Å². The zero-order chi connectivity index (χ0) is 7.28. The van der Waals surface area contributed by atoms with Gasteiger partial charge in [-0.1, -0.05) is 0 Å². The monoisotopic (exact) mass is 131 g/mol. The Labute approximate surface area is 54.8 Å². The van der Waals surface area contributed by atoms with Crippen LogP contribution in [0.2, 0.25) is 0 Å². The second-order valence-electron chi connectivity index (χ2n) is 1.78. The Bertz CT molecular complexity index is 94.2. The van der Waals surface area contributed by atoms with Crippen LogP contribution < -0.4 is 16.4 Å². The van der Waals surface area contributed by atoms with Crippen LogP contribution in [-0.4, -0.2) is 25.7 Å². The highest BCUT2D eigenvalue weighted by atomic mass is 16.1. The molecule has 0 aliphatic rings. The molecule has 4 N–H and O–H groups in total. The minimum Gasteiger partial charge on any atom is -0.340 e. The molecule has 0 aliphatic heterocycles. The smallest absolute Gasteiger partial charge is 0.234 e. The second-order valence-corrected chi connectivity index (χ2v) is 1.78. The van der Waals surface area contributed by atoms with E-state index in [2.05, 4.69) is 10.6 Å². The van der Waals surface area contributed by atoms with Crippen molar-refractivity contribution in [2.24, 2.45) is 5.73 Å². The van der Waals surface area contributed by atoms with Crippen molar-refractivity contribution in [1.82, 2.24) is 10.6 Å². The van der Waals surface area contributed by atoms with Gasteiger partial charge in [0.1, 0.15) is 0 Å². The number of nitrogens with one attached hydrogen (secondary N) is 2. The molecule has 0 rings (SSSR count). The standard InChI is InChI=1S/C5H13N3O/c1-4(7-2)8-5(9)3-6/h4,7H,3,6H2,1-2H3,(H,8,9). The van der Waals surface area contributed by atoms with Crippen LogP contribution in [-0.2, 0) is 4.79 Å². The first kappa shape index (κ1) is 8.39. The molecule has 0 bridgehead atoms. The number of hydrogen-bond acceptors (Lipinski definition) is 3. The summed E-state index contributed by atoms with van der Waals surface area (Å²) in [6.45, 7) is 1.89. The fourth-order valence-electron chi connectivity index (χ4n) is 0.373. The van der Waals surface area contributed by atoms with Crippen LogP contribution in [0.25, 0.3) is 0 Å². The summed E-state index contributed by atoms with van der Waals surface area (Å²) in [7, 11) is 1.77. The van der Waals surface area contributed by atoms with E-state index < -0.39 is 0 Å². The fraction of sp³-hybridized carbons (Fsp3) is 0.800. The molecule has 0 aliphatic carbocycles. The molecule has 1 unspecified atom stereocenters. The average Bonchev–Trinajstić information content (AvgIpc) is 1.87. The fourth-order valence-corrected chi connectivity index (χ4v) is 0.373. The summed E-state index contributed by atoms with van der Waals surface area (Å²) in [5.41, 5.74) is 5.04. The third-order valence-corrected chi connectivity index (χ3v) is 0.996. The summed E-state index contributed by atoms with van der Waals surface area (Å²) in [6.07, 6.45) is 0.000972. The molecular weight excluding hydrogens is 118 g/mol. The highest BCUT2D eigenvalue weighted by Gasteiger charge is 1.99. The summed E-state index contributed by atoms with van der Waals surface area (Å²) >= 11 is 0. The van der Waals surface area contributed by atoms with Gasteiger partial charge in [-0.3, -0.25) is 4.79 Å². The molecule has 4 heteroatoms. The van der Waals surface area contributed by atoms with E-state index >= 15 is 0 Å². The molecule has 0 saturated carbocycles. The first-order valence-corrected chi connectivity index (χ1v) is 2.87. The third kappa shape index (κ3) is 3.93. The maximum absolute atomic E-state index is 10.5. The van der Waals surface area contributed by atoms with Crippen LogP contribution >= 0.6 is 0 Å². The minimum atomic E-state index is -0.142. The minimum absolute atomic E-state index is 0.000972. The van der Waals surface area contributed by atoms with E-state index in [-0.39, 0.29) is 18.6 Å². The van der Waals surface area contributed by atoms with Gasteiger partial charge in [0.05, 0.1) is 12.7 Å². The first-order valence-electron chi connectivity index (χ1n) is 2.87. The summed E-state index contributed by atoms with van der Waals surface area (Å²) < 4.78 is 0. The van der Waals surface area contributed by atoms with E-state index in [1.807, 2.05) is 6.92 Å². The van der Waals surface area contributed by atoms with Crippen LogP contribution in [0.1, 0.15) is 6.92 Å². The summed E-state index contributed by atoms with van der Waals surface area (Å²) in [5.74, 6) is -0.142. The molecule has 0 fully saturated rings. The topological polar surface area (TPSA) is 67.1 Å². The molecule has 4 nitrogen and oxygen atoms in total. The van der Waals surface area contributed by atoms with Crippen molar-refractivity contribution in [2.75, 3.05) is 13.6 Å². The molecule has 0 spiro atoms. The third-order valence-electron chi connectivity index (χ3n) is 0.996. The van der Waals surface area contributed by atoms with Gasteiger partial charge in [0.15, 0.2) is 0 Å². The molecule has 9 heavy (non-hydrogen) atoms.